The standard InChI is InChI=1S/C13H16FN3O/c1-9-5-6-17(16-9)12(8-15)11-7-10(14)3-4-13(11)18-2/h3-7,12H,8,15H2,1-2H3. The molecule has 1 atom stereocenters. The van der Waals surface area contributed by atoms with Gasteiger partial charge in [0.15, 0.2) is 0 Å². The maximum Gasteiger partial charge on any atom is 0.124 e. The van der Waals surface area contributed by atoms with Crippen LogP contribution >= 0.6 is 0 Å². The van der Waals surface area contributed by atoms with Gasteiger partial charge in [-0.05, 0) is 31.2 Å². The molecule has 1 aromatic heterocycles. The molecule has 0 saturated carbocycles. The van der Waals surface area contributed by atoms with E-state index in [1.165, 1.54) is 12.1 Å². The number of rotatable bonds is 4. The molecule has 18 heavy (non-hydrogen) atoms. The molecule has 5 heteroatoms. The van der Waals surface area contributed by atoms with E-state index in [1.54, 1.807) is 17.9 Å². The Balaban J connectivity index is 2.47. The van der Waals surface area contributed by atoms with E-state index >= 15 is 0 Å². The first-order valence-corrected chi connectivity index (χ1v) is 5.71. The fraction of sp³-hybridized carbons (Fsp3) is 0.308. The van der Waals surface area contributed by atoms with E-state index in [0.717, 1.165) is 5.69 Å². The summed E-state index contributed by atoms with van der Waals surface area (Å²) >= 11 is 0. The summed E-state index contributed by atoms with van der Waals surface area (Å²) < 4.78 is 20.4. The molecular formula is C13H16FN3O. The lowest BCUT2D eigenvalue weighted by molar-refractivity contribution is 0.396. The Kier molecular flexibility index (Phi) is 3.62. The number of aromatic nitrogens is 2. The summed E-state index contributed by atoms with van der Waals surface area (Å²) in [6.45, 7) is 2.22. The van der Waals surface area contributed by atoms with Crippen molar-refractivity contribution in [3.63, 3.8) is 0 Å². The van der Waals surface area contributed by atoms with Gasteiger partial charge in [0.2, 0.25) is 0 Å². The number of methoxy groups -OCH3 is 1. The molecule has 0 aliphatic heterocycles. The van der Waals surface area contributed by atoms with Crippen LogP contribution in [0.1, 0.15) is 17.3 Å². The van der Waals surface area contributed by atoms with Crippen LogP contribution in [0.3, 0.4) is 0 Å². The van der Waals surface area contributed by atoms with Gasteiger partial charge in [0.25, 0.3) is 0 Å². The van der Waals surface area contributed by atoms with E-state index in [0.29, 0.717) is 17.9 Å². The maximum absolute atomic E-state index is 13.4. The SMILES string of the molecule is COc1ccc(F)cc1C(CN)n1ccc(C)n1. The number of halogens is 1. The van der Waals surface area contributed by atoms with Crippen LogP contribution in [0, 0.1) is 12.7 Å². The van der Waals surface area contributed by atoms with E-state index in [-0.39, 0.29) is 11.9 Å². The van der Waals surface area contributed by atoms with Gasteiger partial charge in [-0.1, -0.05) is 0 Å². The Hall–Kier alpha value is -1.88. The fourth-order valence-corrected chi connectivity index (χ4v) is 1.95. The van der Waals surface area contributed by atoms with E-state index in [2.05, 4.69) is 5.10 Å². The third-order valence-corrected chi connectivity index (χ3v) is 2.84. The normalized spacial score (nSPS) is 12.4. The van der Waals surface area contributed by atoms with E-state index in [1.807, 2.05) is 19.2 Å². The highest BCUT2D eigenvalue weighted by molar-refractivity contribution is 5.37. The molecule has 0 bridgehead atoms. The monoisotopic (exact) mass is 249 g/mol. The third kappa shape index (κ3) is 2.36. The fourth-order valence-electron chi connectivity index (χ4n) is 1.95. The predicted octanol–water partition coefficient (Wildman–Crippen LogP) is 1.89. The van der Waals surface area contributed by atoms with Gasteiger partial charge in [0.05, 0.1) is 18.8 Å². The molecule has 0 amide bonds. The summed E-state index contributed by atoms with van der Waals surface area (Å²) in [5.41, 5.74) is 7.37. The average Bonchev–Trinajstić information content (AvgIpc) is 2.77. The lowest BCUT2D eigenvalue weighted by atomic mass is 10.1. The number of nitrogens with two attached hydrogens (primary N) is 1. The van der Waals surface area contributed by atoms with Gasteiger partial charge >= 0.3 is 0 Å². The van der Waals surface area contributed by atoms with Crippen molar-refractivity contribution < 1.29 is 9.13 Å². The summed E-state index contributed by atoms with van der Waals surface area (Å²) in [5.74, 6) is 0.299. The lowest BCUT2D eigenvalue weighted by Gasteiger charge is -2.19. The van der Waals surface area contributed by atoms with Crippen LogP contribution in [0.4, 0.5) is 4.39 Å². The first kappa shape index (κ1) is 12.6. The van der Waals surface area contributed by atoms with Crippen LogP contribution in [0.5, 0.6) is 5.75 Å². The summed E-state index contributed by atoms with van der Waals surface area (Å²) in [5, 5.41) is 4.32. The van der Waals surface area contributed by atoms with Crippen molar-refractivity contribution in [2.24, 2.45) is 5.73 Å². The third-order valence-electron chi connectivity index (χ3n) is 2.84. The summed E-state index contributed by atoms with van der Waals surface area (Å²) in [4.78, 5) is 0. The quantitative estimate of drug-likeness (QED) is 0.900. The van der Waals surface area contributed by atoms with Crippen LogP contribution in [-0.4, -0.2) is 23.4 Å². The van der Waals surface area contributed by atoms with Crippen molar-refractivity contribution in [3.05, 3.63) is 47.5 Å². The van der Waals surface area contributed by atoms with Crippen LogP contribution in [0.15, 0.2) is 30.5 Å². The van der Waals surface area contributed by atoms with E-state index in [4.69, 9.17) is 10.5 Å². The molecule has 2 N–H and O–H groups in total. The predicted molar refractivity (Wildman–Crippen MR) is 67.1 cm³/mol. The molecule has 1 aromatic carbocycles. The number of aryl methyl sites for hydroxylation is 1. The van der Waals surface area contributed by atoms with Crippen molar-refractivity contribution in [2.75, 3.05) is 13.7 Å². The summed E-state index contributed by atoms with van der Waals surface area (Å²) in [6, 6.07) is 6.06. The smallest absolute Gasteiger partial charge is 0.124 e. The Morgan fingerprint density at radius 2 is 2.22 bits per heavy atom. The molecule has 4 nitrogen and oxygen atoms in total. The van der Waals surface area contributed by atoms with Crippen molar-refractivity contribution in [3.8, 4) is 5.75 Å². The molecule has 1 heterocycles. The largest absolute Gasteiger partial charge is 0.496 e. The van der Waals surface area contributed by atoms with Gasteiger partial charge in [0.1, 0.15) is 11.6 Å². The topological polar surface area (TPSA) is 53.1 Å². The van der Waals surface area contributed by atoms with Gasteiger partial charge in [-0.3, -0.25) is 4.68 Å². The number of hydrogen-bond donors (Lipinski definition) is 1. The van der Waals surface area contributed by atoms with Crippen molar-refractivity contribution in [2.45, 2.75) is 13.0 Å². The minimum atomic E-state index is -0.312. The minimum absolute atomic E-state index is 0.232. The first-order valence-electron chi connectivity index (χ1n) is 5.71. The molecule has 2 rings (SSSR count). The molecule has 0 fully saturated rings. The van der Waals surface area contributed by atoms with Crippen molar-refractivity contribution >= 4 is 0 Å². The number of ether oxygens (including phenoxy) is 1. The highest BCUT2D eigenvalue weighted by atomic mass is 19.1. The van der Waals surface area contributed by atoms with E-state index in [9.17, 15) is 4.39 Å². The second kappa shape index (κ2) is 5.18. The zero-order valence-electron chi connectivity index (χ0n) is 10.4. The Morgan fingerprint density at radius 1 is 1.44 bits per heavy atom. The Labute approximate surface area is 105 Å². The molecule has 0 aliphatic rings. The van der Waals surface area contributed by atoms with Crippen molar-refractivity contribution in [1.82, 2.24) is 9.78 Å². The molecule has 1 unspecified atom stereocenters. The zero-order valence-corrected chi connectivity index (χ0v) is 10.4. The molecular weight excluding hydrogens is 233 g/mol. The Bertz CT molecular complexity index is 539. The van der Waals surface area contributed by atoms with Gasteiger partial charge < -0.3 is 10.5 Å². The summed E-state index contributed by atoms with van der Waals surface area (Å²) in [7, 11) is 1.55. The first-order chi connectivity index (χ1) is 8.65. The summed E-state index contributed by atoms with van der Waals surface area (Å²) in [6.07, 6.45) is 1.83. The van der Waals surface area contributed by atoms with E-state index < -0.39 is 0 Å². The molecule has 0 saturated heterocycles. The van der Waals surface area contributed by atoms with Crippen LogP contribution in [-0.2, 0) is 0 Å². The molecule has 0 spiro atoms. The van der Waals surface area contributed by atoms with Crippen LogP contribution in [0.2, 0.25) is 0 Å². The van der Waals surface area contributed by atoms with Gasteiger partial charge in [-0.2, -0.15) is 5.10 Å². The van der Waals surface area contributed by atoms with Gasteiger partial charge in [0, 0.05) is 18.3 Å². The molecule has 0 aliphatic carbocycles. The van der Waals surface area contributed by atoms with Gasteiger partial charge in [-0.25, -0.2) is 4.39 Å². The zero-order chi connectivity index (χ0) is 13.1. The van der Waals surface area contributed by atoms with Crippen molar-refractivity contribution in [1.29, 1.82) is 0 Å². The Morgan fingerprint density at radius 3 is 2.78 bits per heavy atom. The molecule has 96 valence electrons. The number of benzene rings is 1. The second-order valence-electron chi connectivity index (χ2n) is 4.07. The number of hydrogen-bond acceptors (Lipinski definition) is 3. The van der Waals surface area contributed by atoms with Crippen LogP contribution < -0.4 is 10.5 Å². The highest BCUT2D eigenvalue weighted by Gasteiger charge is 2.18. The molecule has 2 aromatic rings. The number of nitrogens with zero attached hydrogens (tertiary/aromatic N) is 2. The highest BCUT2D eigenvalue weighted by Crippen LogP contribution is 2.27. The lowest BCUT2D eigenvalue weighted by Crippen LogP contribution is -2.21. The molecule has 0 radical (unpaired) electrons. The second-order valence-corrected chi connectivity index (χ2v) is 4.07. The van der Waals surface area contributed by atoms with Crippen LogP contribution in [0.25, 0.3) is 0 Å². The average molecular weight is 249 g/mol. The minimum Gasteiger partial charge on any atom is -0.496 e. The van der Waals surface area contributed by atoms with Gasteiger partial charge in [-0.15, -0.1) is 0 Å². The maximum atomic E-state index is 13.4.